The van der Waals surface area contributed by atoms with Gasteiger partial charge in [-0.3, -0.25) is 4.79 Å². The van der Waals surface area contributed by atoms with Gasteiger partial charge in [-0.25, -0.2) is 0 Å². The Morgan fingerprint density at radius 1 is 1.00 bits per heavy atom. The molecular formula is C17H15N3O2. The van der Waals surface area contributed by atoms with Crippen molar-refractivity contribution in [3.05, 3.63) is 54.1 Å². The lowest BCUT2D eigenvalue weighted by Crippen LogP contribution is -2.05. The number of aromatic nitrogens is 2. The second kappa shape index (κ2) is 5.81. The molecule has 2 aromatic carbocycles. The molecular weight excluding hydrogens is 278 g/mol. The topological polar surface area (TPSA) is 68.0 Å². The van der Waals surface area contributed by atoms with E-state index in [1.54, 1.807) is 12.1 Å². The highest BCUT2D eigenvalue weighted by molar-refractivity contribution is 5.88. The number of hydrogen-bond acceptors (Lipinski definition) is 4. The van der Waals surface area contributed by atoms with Crippen molar-refractivity contribution in [2.75, 3.05) is 5.32 Å². The second-order valence-electron chi connectivity index (χ2n) is 5.04. The molecule has 0 aliphatic heterocycles. The van der Waals surface area contributed by atoms with Crippen LogP contribution in [0.4, 0.5) is 5.69 Å². The molecule has 0 atom stereocenters. The summed E-state index contributed by atoms with van der Waals surface area (Å²) in [5, 5.41) is 10.9. The molecule has 0 fully saturated rings. The van der Waals surface area contributed by atoms with Crippen LogP contribution in [0.2, 0.25) is 0 Å². The largest absolute Gasteiger partial charge is 0.416 e. The second-order valence-corrected chi connectivity index (χ2v) is 5.04. The number of anilines is 1. The van der Waals surface area contributed by atoms with E-state index in [9.17, 15) is 4.79 Å². The van der Waals surface area contributed by atoms with E-state index in [1.807, 2.05) is 43.3 Å². The van der Waals surface area contributed by atoms with Crippen molar-refractivity contribution in [3.63, 3.8) is 0 Å². The Bertz CT molecular complexity index is 807. The first-order valence-electron chi connectivity index (χ1n) is 6.90. The van der Waals surface area contributed by atoms with Crippen LogP contribution in [0, 0.1) is 6.92 Å². The van der Waals surface area contributed by atoms with E-state index in [0.717, 1.165) is 22.4 Å². The minimum absolute atomic E-state index is 0.104. The van der Waals surface area contributed by atoms with Crippen molar-refractivity contribution >= 4 is 11.6 Å². The molecule has 3 aromatic rings. The summed E-state index contributed by atoms with van der Waals surface area (Å²) in [6.07, 6.45) is 0. The third-order valence-electron chi connectivity index (χ3n) is 3.14. The number of aryl methyl sites for hydroxylation is 1. The molecule has 0 radical (unpaired) electrons. The molecule has 3 rings (SSSR count). The number of benzene rings is 2. The molecule has 110 valence electrons. The van der Waals surface area contributed by atoms with E-state index < -0.39 is 0 Å². The first-order chi connectivity index (χ1) is 10.6. The summed E-state index contributed by atoms with van der Waals surface area (Å²) in [5.74, 6) is 0.836. The van der Waals surface area contributed by atoms with Gasteiger partial charge in [0.2, 0.25) is 17.7 Å². The number of hydrogen-bond donors (Lipinski definition) is 1. The average Bonchev–Trinajstić information content (AvgIpc) is 2.97. The van der Waals surface area contributed by atoms with Gasteiger partial charge in [-0.1, -0.05) is 17.7 Å². The van der Waals surface area contributed by atoms with Gasteiger partial charge in [0.25, 0.3) is 0 Å². The zero-order chi connectivity index (χ0) is 15.5. The van der Waals surface area contributed by atoms with Crippen LogP contribution in [0.3, 0.4) is 0 Å². The van der Waals surface area contributed by atoms with Crippen molar-refractivity contribution < 1.29 is 9.21 Å². The van der Waals surface area contributed by atoms with E-state index in [4.69, 9.17) is 4.42 Å². The first kappa shape index (κ1) is 14.0. The van der Waals surface area contributed by atoms with Gasteiger partial charge in [0.1, 0.15) is 0 Å². The van der Waals surface area contributed by atoms with Crippen molar-refractivity contribution in [2.24, 2.45) is 0 Å². The van der Waals surface area contributed by atoms with Gasteiger partial charge in [-0.2, -0.15) is 0 Å². The van der Waals surface area contributed by atoms with Gasteiger partial charge in [-0.15, -0.1) is 10.2 Å². The van der Waals surface area contributed by atoms with Gasteiger partial charge < -0.3 is 9.73 Å². The lowest BCUT2D eigenvalue weighted by molar-refractivity contribution is -0.114. The fourth-order valence-corrected chi connectivity index (χ4v) is 2.13. The summed E-state index contributed by atoms with van der Waals surface area (Å²) in [7, 11) is 0. The number of carbonyl (C=O) groups excluding carboxylic acids is 1. The van der Waals surface area contributed by atoms with E-state index in [1.165, 1.54) is 6.92 Å². The summed E-state index contributed by atoms with van der Waals surface area (Å²) in [6.45, 7) is 3.49. The van der Waals surface area contributed by atoms with Gasteiger partial charge >= 0.3 is 0 Å². The van der Waals surface area contributed by atoms with Gasteiger partial charge in [0.15, 0.2) is 0 Å². The molecule has 0 aliphatic rings. The Morgan fingerprint density at radius 2 is 1.68 bits per heavy atom. The number of amides is 1. The zero-order valence-corrected chi connectivity index (χ0v) is 12.3. The predicted molar refractivity (Wildman–Crippen MR) is 84.2 cm³/mol. The molecule has 0 bridgehead atoms. The summed E-state index contributed by atoms with van der Waals surface area (Å²) in [5.41, 5.74) is 3.57. The lowest BCUT2D eigenvalue weighted by atomic mass is 10.1. The fraction of sp³-hybridized carbons (Fsp3) is 0.118. The molecule has 0 unspecified atom stereocenters. The Balaban J connectivity index is 1.86. The third kappa shape index (κ3) is 3.03. The van der Waals surface area contributed by atoms with Crippen LogP contribution in [-0.2, 0) is 4.79 Å². The molecule has 5 nitrogen and oxygen atoms in total. The smallest absolute Gasteiger partial charge is 0.248 e. The molecule has 5 heteroatoms. The average molecular weight is 293 g/mol. The van der Waals surface area contributed by atoms with Crippen LogP contribution in [0.1, 0.15) is 12.5 Å². The minimum Gasteiger partial charge on any atom is -0.416 e. The molecule has 1 amide bonds. The van der Waals surface area contributed by atoms with Gasteiger partial charge in [-0.05, 0) is 43.3 Å². The number of nitrogens with one attached hydrogen (secondary N) is 1. The van der Waals surface area contributed by atoms with Crippen LogP contribution < -0.4 is 5.32 Å². The van der Waals surface area contributed by atoms with Crippen molar-refractivity contribution in [2.45, 2.75) is 13.8 Å². The Morgan fingerprint density at radius 3 is 2.32 bits per heavy atom. The standard InChI is InChI=1S/C17H15N3O2/c1-11-4-3-5-14(10-11)17-20-19-16(22-17)13-6-8-15(9-7-13)18-12(2)21/h3-10H,1-2H3,(H,18,21). The lowest BCUT2D eigenvalue weighted by Gasteiger charge is -2.01. The van der Waals surface area contributed by atoms with Crippen LogP contribution in [0.15, 0.2) is 52.9 Å². The molecule has 0 saturated heterocycles. The number of nitrogens with zero attached hydrogens (tertiary/aromatic N) is 2. The predicted octanol–water partition coefficient (Wildman–Crippen LogP) is 3.67. The molecule has 0 aliphatic carbocycles. The fourth-order valence-electron chi connectivity index (χ4n) is 2.13. The Labute approximate surface area is 128 Å². The van der Waals surface area contributed by atoms with Crippen LogP contribution in [0.5, 0.6) is 0 Å². The number of carbonyl (C=O) groups is 1. The summed E-state index contributed by atoms with van der Waals surface area (Å²) in [4.78, 5) is 11.0. The Kier molecular flexibility index (Phi) is 3.70. The molecule has 0 spiro atoms. The van der Waals surface area contributed by atoms with Crippen LogP contribution in [-0.4, -0.2) is 16.1 Å². The summed E-state index contributed by atoms with van der Waals surface area (Å²) >= 11 is 0. The zero-order valence-electron chi connectivity index (χ0n) is 12.3. The van der Waals surface area contributed by atoms with E-state index in [2.05, 4.69) is 15.5 Å². The maximum absolute atomic E-state index is 11.0. The Hall–Kier alpha value is -2.95. The summed E-state index contributed by atoms with van der Waals surface area (Å²) in [6, 6.07) is 15.2. The quantitative estimate of drug-likeness (QED) is 0.800. The van der Waals surface area contributed by atoms with Gasteiger partial charge in [0, 0.05) is 23.7 Å². The highest BCUT2D eigenvalue weighted by atomic mass is 16.4. The molecule has 1 heterocycles. The van der Waals surface area contributed by atoms with Crippen molar-refractivity contribution in [3.8, 4) is 22.9 Å². The van der Waals surface area contributed by atoms with Crippen molar-refractivity contribution in [1.82, 2.24) is 10.2 Å². The maximum Gasteiger partial charge on any atom is 0.248 e. The normalized spacial score (nSPS) is 10.5. The van der Waals surface area contributed by atoms with Crippen molar-refractivity contribution in [1.29, 1.82) is 0 Å². The molecule has 1 aromatic heterocycles. The van der Waals surface area contributed by atoms with Crippen LogP contribution in [0.25, 0.3) is 22.9 Å². The van der Waals surface area contributed by atoms with Gasteiger partial charge in [0.05, 0.1) is 0 Å². The summed E-state index contributed by atoms with van der Waals surface area (Å²) < 4.78 is 5.72. The minimum atomic E-state index is -0.104. The van der Waals surface area contributed by atoms with E-state index >= 15 is 0 Å². The van der Waals surface area contributed by atoms with Crippen LogP contribution >= 0.6 is 0 Å². The monoisotopic (exact) mass is 293 g/mol. The number of rotatable bonds is 3. The van der Waals surface area contributed by atoms with E-state index in [-0.39, 0.29) is 5.91 Å². The van der Waals surface area contributed by atoms with E-state index in [0.29, 0.717) is 11.8 Å². The molecule has 1 N–H and O–H groups in total. The SMILES string of the molecule is CC(=O)Nc1ccc(-c2nnc(-c3cccc(C)c3)o2)cc1. The highest BCUT2D eigenvalue weighted by Gasteiger charge is 2.10. The third-order valence-corrected chi connectivity index (χ3v) is 3.14. The highest BCUT2D eigenvalue weighted by Crippen LogP contribution is 2.25. The molecule has 22 heavy (non-hydrogen) atoms. The molecule has 0 saturated carbocycles. The first-order valence-corrected chi connectivity index (χ1v) is 6.90. The maximum atomic E-state index is 11.0.